The summed E-state index contributed by atoms with van der Waals surface area (Å²) in [6, 6.07) is 26.6. The van der Waals surface area contributed by atoms with E-state index in [1.54, 1.807) is 0 Å². The van der Waals surface area contributed by atoms with Gasteiger partial charge in [0.05, 0.1) is 11.1 Å². The fourth-order valence-corrected chi connectivity index (χ4v) is 3.12. The topological polar surface area (TPSA) is 74.6 Å². The van der Waals surface area contributed by atoms with Gasteiger partial charge in [0.15, 0.2) is 0 Å². The molecule has 2 N–H and O–H groups in total. The van der Waals surface area contributed by atoms with E-state index in [1.807, 2.05) is 0 Å². The molecule has 3 rings (SSSR count). The molecule has 124 valence electrons. The molecular formula is C20H16O4Si. The fraction of sp³-hybridized carbons (Fsp3) is 0. The number of carboxylic acids is 2. The summed E-state index contributed by atoms with van der Waals surface area (Å²) in [6.45, 7) is 0. The number of hydrogen-bond donors (Lipinski definition) is 2. The second-order valence-corrected chi connectivity index (χ2v) is 6.42. The van der Waals surface area contributed by atoms with Gasteiger partial charge in [-0.2, -0.15) is 0 Å². The molecular weight excluding hydrogens is 332 g/mol. The summed E-state index contributed by atoms with van der Waals surface area (Å²) in [5.74, 6) is -2.46. The Balaban J connectivity index is 0.000000181. The van der Waals surface area contributed by atoms with Crippen molar-refractivity contribution >= 4 is 31.8 Å². The molecule has 0 aromatic heterocycles. The summed E-state index contributed by atoms with van der Waals surface area (Å²) < 4.78 is 0. The van der Waals surface area contributed by atoms with Crippen LogP contribution in [0, 0.1) is 0 Å². The van der Waals surface area contributed by atoms with Crippen molar-refractivity contribution in [3.63, 3.8) is 0 Å². The highest BCUT2D eigenvalue weighted by Gasteiger charge is 2.13. The first-order valence-corrected chi connectivity index (χ1v) is 8.50. The lowest BCUT2D eigenvalue weighted by Crippen LogP contribution is -2.26. The summed E-state index contributed by atoms with van der Waals surface area (Å²) in [5.41, 5.74) is -0.380. The molecule has 5 heteroatoms. The first-order valence-electron chi connectivity index (χ1n) is 7.50. The van der Waals surface area contributed by atoms with Crippen LogP contribution in [0.4, 0.5) is 0 Å². The van der Waals surface area contributed by atoms with Crippen LogP contribution in [0.25, 0.3) is 0 Å². The lowest BCUT2D eigenvalue weighted by Gasteiger charge is -1.98. The van der Waals surface area contributed by atoms with Gasteiger partial charge < -0.3 is 10.2 Å². The van der Waals surface area contributed by atoms with Crippen LogP contribution in [0.3, 0.4) is 0 Å². The van der Waals surface area contributed by atoms with Crippen LogP contribution in [-0.4, -0.2) is 31.7 Å². The number of benzene rings is 3. The van der Waals surface area contributed by atoms with Gasteiger partial charge in [-0.25, -0.2) is 9.59 Å². The quantitative estimate of drug-likeness (QED) is 0.710. The van der Waals surface area contributed by atoms with Crippen molar-refractivity contribution in [1.82, 2.24) is 0 Å². The number of aromatic carboxylic acids is 2. The minimum absolute atomic E-state index is 0.190. The number of carboxylic acid groups (broad SMARTS) is 2. The number of hydrogen-bond acceptors (Lipinski definition) is 2. The maximum atomic E-state index is 10.5. The van der Waals surface area contributed by atoms with Gasteiger partial charge in [0.2, 0.25) is 0 Å². The Kier molecular flexibility index (Phi) is 6.68. The van der Waals surface area contributed by atoms with E-state index in [-0.39, 0.29) is 11.1 Å². The largest absolute Gasteiger partial charge is 0.478 e. The SMILES string of the molecule is O=C(O)c1ccccc1C(=O)O.c1ccc([Si]c2ccccc2)cc1. The monoisotopic (exact) mass is 348 g/mol. The van der Waals surface area contributed by atoms with Gasteiger partial charge in [0.1, 0.15) is 9.52 Å². The van der Waals surface area contributed by atoms with Crippen LogP contribution in [0.1, 0.15) is 20.7 Å². The van der Waals surface area contributed by atoms with Gasteiger partial charge in [-0.05, 0) is 12.1 Å². The van der Waals surface area contributed by atoms with Crippen LogP contribution in [0.15, 0.2) is 84.9 Å². The zero-order chi connectivity index (χ0) is 18.1. The second kappa shape index (κ2) is 9.20. The number of carbonyl (C=O) groups is 2. The lowest BCUT2D eigenvalue weighted by molar-refractivity contribution is 0.0651. The fourth-order valence-electron chi connectivity index (χ4n) is 2.07. The normalized spacial score (nSPS) is 9.60. The van der Waals surface area contributed by atoms with Gasteiger partial charge >= 0.3 is 11.9 Å². The zero-order valence-electron chi connectivity index (χ0n) is 13.3. The molecule has 0 bridgehead atoms. The highest BCUT2D eigenvalue weighted by Crippen LogP contribution is 2.07. The lowest BCUT2D eigenvalue weighted by atomic mass is 10.1. The Bertz CT molecular complexity index is 762. The van der Waals surface area contributed by atoms with E-state index in [0.29, 0.717) is 0 Å². The summed E-state index contributed by atoms with van der Waals surface area (Å²) in [5, 5.41) is 19.9. The van der Waals surface area contributed by atoms with Crippen molar-refractivity contribution in [1.29, 1.82) is 0 Å². The number of rotatable bonds is 4. The highest BCUT2D eigenvalue weighted by atomic mass is 28.2. The Morgan fingerprint density at radius 2 is 0.880 bits per heavy atom. The highest BCUT2D eigenvalue weighted by molar-refractivity contribution is 6.67. The van der Waals surface area contributed by atoms with Crippen LogP contribution in [0.2, 0.25) is 0 Å². The molecule has 0 spiro atoms. The van der Waals surface area contributed by atoms with Crippen molar-refractivity contribution in [2.24, 2.45) is 0 Å². The van der Waals surface area contributed by atoms with Crippen molar-refractivity contribution in [2.75, 3.05) is 0 Å². The first-order chi connectivity index (χ1) is 12.1. The van der Waals surface area contributed by atoms with Crippen molar-refractivity contribution in [2.45, 2.75) is 0 Å². The smallest absolute Gasteiger partial charge is 0.336 e. The van der Waals surface area contributed by atoms with E-state index in [2.05, 4.69) is 60.7 Å². The van der Waals surface area contributed by atoms with E-state index in [0.717, 1.165) is 9.52 Å². The Hall–Kier alpha value is -3.18. The Morgan fingerprint density at radius 3 is 1.20 bits per heavy atom. The standard InChI is InChI=1S/C12H10Si.C8H6O4/c1-3-7-11(8-4-1)13-12-9-5-2-6-10-12;9-7(10)5-3-1-2-4-6(5)8(11)12/h1-10H;1-4H,(H,9,10)(H,11,12). The van der Waals surface area contributed by atoms with Gasteiger partial charge in [-0.15, -0.1) is 0 Å². The molecule has 25 heavy (non-hydrogen) atoms. The molecule has 0 aliphatic rings. The van der Waals surface area contributed by atoms with Gasteiger partial charge in [0.25, 0.3) is 0 Å². The molecule has 3 aromatic rings. The zero-order valence-corrected chi connectivity index (χ0v) is 14.3. The van der Waals surface area contributed by atoms with E-state index < -0.39 is 11.9 Å². The van der Waals surface area contributed by atoms with Crippen molar-refractivity contribution in [3.05, 3.63) is 96.1 Å². The Labute approximate surface area is 148 Å². The third kappa shape index (κ3) is 5.75. The van der Waals surface area contributed by atoms with E-state index in [1.165, 1.54) is 34.6 Å². The molecule has 0 saturated carbocycles. The average Bonchev–Trinajstić information content (AvgIpc) is 2.64. The molecule has 3 aromatic carbocycles. The molecule has 0 atom stereocenters. The molecule has 2 radical (unpaired) electrons. The predicted molar refractivity (Wildman–Crippen MR) is 98.3 cm³/mol. The van der Waals surface area contributed by atoms with Gasteiger partial charge in [-0.1, -0.05) is 83.2 Å². The van der Waals surface area contributed by atoms with Gasteiger partial charge in [-0.3, -0.25) is 0 Å². The summed E-state index contributed by atoms with van der Waals surface area (Å²) in [6.07, 6.45) is 0. The van der Waals surface area contributed by atoms with E-state index in [9.17, 15) is 9.59 Å². The van der Waals surface area contributed by atoms with E-state index in [4.69, 9.17) is 10.2 Å². The molecule has 4 nitrogen and oxygen atoms in total. The van der Waals surface area contributed by atoms with Crippen LogP contribution in [0.5, 0.6) is 0 Å². The third-order valence-corrected chi connectivity index (χ3v) is 4.47. The van der Waals surface area contributed by atoms with Crippen LogP contribution in [-0.2, 0) is 0 Å². The molecule has 0 fully saturated rings. The summed E-state index contributed by atoms with van der Waals surface area (Å²) in [7, 11) is 0.777. The summed E-state index contributed by atoms with van der Waals surface area (Å²) >= 11 is 0. The molecule has 0 unspecified atom stereocenters. The molecule has 0 aliphatic carbocycles. The Morgan fingerprint density at radius 1 is 0.560 bits per heavy atom. The minimum Gasteiger partial charge on any atom is -0.478 e. The van der Waals surface area contributed by atoms with Crippen LogP contribution < -0.4 is 10.4 Å². The van der Waals surface area contributed by atoms with E-state index >= 15 is 0 Å². The second-order valence-electron chi connectivity index (χ2n) is 5.01. The average molecular weight is 348 g/mol. The minimum atomic E-state index is -1.23. The maximum Gasteiger partial charge on any atom is 0.336 e. The van der Waals surface area contributed by atoms with Crippen molar-refractivity contribution in [3.8, 4) is 0 Å². The third-order valence-electron chi connectivity index (χ3n) is 3.22. The van der Waals surface area contributed by atoms with Crippen LogP contribution >= 0.6 is 0 Å². The van der Waals surface area contributed by atoms with Crippen molar-refractivity contribution < 1.29 is 19.8 Å². The molecule has 0 saturated heterocycles. The van der Waals surface area contributed by atoms with Gasteiger partial charge in [0, 0.05) is 0 Å². The molecule has 0 aliphatic heterocycles. The maximum absolute atomic E-state index is 10.5. The molecule has 0 amide bonds. The molecule has 0 heterocycles. The first kappa shape index (κ1) is 18.2. The summed E-state index contributed by atoms with van der Waals surface area (Å²) in [4.78, 5) is 20.9. The predicted octanol–water partition coefficient (Wildman–Crippen LogP) is 2.42.